The van der Waals surface area contributed by atoms with Gasteiger partial charge >= 0.3 is 0 Å². The predicted molar refractivity (Wildman–Crippen MR) is 124 cm³/mol. The Hall–Kier alpha value is -4.33. The summed E-state index contributed by atoms with van der Waals surface area (Å²) in [6.07, 6.45) is 0. The molecule has 0 saturated heterocycles. The summed E-state index contributed by atoms with van der Waals surface area (Å²) in [4.78, 5) is 40.6. The first-order valence-corrected chi connectivity index (χ1v) is 10.8. The highest BCUT2D eigenvalue weighted by atomic mass is 19.1. The van der Waals surface area contributed by atoms with E-state index in [9.17, 15) is 24.1 Å². The van der Waals surface area contributed by atoms with Crippen molar-refractivity contribution < 1.29 is 18.9 Å². The predicted octanol–water partition coefficient (Wildman–Crippen LogP) is 4.54. The Morgan fingerprint density at radius 2 is 1.53 bits per heavy atom. The topological polar surface area (TPSA) is 83.8 Å². The van der Waals surface area contributed by atoms with Gasteiger partial charge in [-0.1, -0.05) is 42.5 Å². The Labute approximate surface area is 195 Å². The molecule has 2 amide bonds. The maximum atomic E-state index is 13.6. The normalized spacial score (nSPS) is 13.5. The van der Waals surface area contributed by atoms with E-state index in [4.69, 9.17) is 0 Å². The number of rotatable bonds is 8. The van der Waals surface area contributed by atoms with Gasteiger partial charge in [0.25, 0.3) is 17.5 Å². The summed E-state index contributed by atoms with van der Waals surface area (Å²) in [6, 6.07) is 20.8. The summed E-state index contributed by atoms with van der Waals surface area (Å²) < 4.78 is 13.3. The fourth-order valence-corrected chi connectivity index (χ4v) is 3.94. The van der Waals surface area contributed by atoms with Gasteiger partial charge in [-0.05, 0) is 47.9 Å². The van der Waals surface area contributed by atoms with Crippen LogP contribution in [0.2, 0.25) is 0 Å². The van der Waals surface area contributed by atoms with Crippen LogP contribution in [0.15, 0.2) is 84.6 Å². The number of nitrogens with zero attached hydrogens (tertiary/aromatic N) is 3. The largest absolute Gasteiger partial charge is 0.362 e. The van der Waals surface area contributed by atoms with Gasteiger partial charge in [0.15, 0.2) is 0 Å². The number of carbonyl (C=O) groups is 2. The zero-order chi connectivity index (χ0) is 24.2. The Balaban J connectivity index is 1.76. The van der Waals surface area contributed by atoms with Crippen molar-refractivity contribution in [3.8, 4) is 0 Å². The molecule has 0 unspecified atom stereocenters. The Morgan fingerprint density at radius 3 is 2.12 bits per heavy atom. The molecule has 1 aliphatic heterocycles. The lowest BCUT2D eigenvalue weighted by atomic mass is 10.0. The zero-order valence-corrected chi connectivity index (χ0v) is 18.5. The molecule has 172 valence electrons. The van der Waals surface area contributed by atoms with Gasteiger partial charge in [0.05, 0.1) is 17.0 Å². The number of hydrogen-bond donors (Lipinski definition) is 0. The molecule has 34 heavy (non-hydrogen) atoms. The lowest BCUT2D eigenvalue weighted by molar-refractivity contribution is -0.384. The molecule has 1 heterocycles. The van der Waals surface area contributed by atoms with E-state index in [2.05, 4.69) is 0 Å². The first-order valence-electron chi connectivity index (χ1n) is 10.8. The second-order valence-corrected chi connectivity index (χ2v) is 7.85. The standard InChI is InChI=1S/C26H22FN3O4/c1-2-28(16-18-6-4-3-5-7-18)24-23(20-10-14-22(15-11-20)30(33)34)25(31)29(26(24)32)17-19-8-12-21(27)13-9-19/h3-15H,2,16-17H2,1H3. The minimum Gasteiger partial charge on any atom is -0.362 e. The van der Waals surface area contributed by atoms with Crippen molar-refractivity contribution in [2.24, 2.45) is 0 Å². The van der Waals surface area contributed by atoms with E-state index in [1.165, 1.54) is 48.5 Å². The number of non-ortho nitro benzene ring substituents is 1. The second kappa shape index (κ2) is 9.66. The number of benzene rings is 3. The lowest BCUT2D eigenvalue weighted by Gasteiger charge is -2.25. The molecule has 0 bridgehead atoms. The SMILES string of the molecule is CCN(Cc1ccccc1)C1=C(c2ccc([N+](=O)[O-])cc2)C(=O)N(Cc2ccc(F)cc2)C1=O. The van der Waals surface area contributed by atoms with Crippen LogP contribution in [0.3, 0.4) is 0 Å². The Morgan fingerprint density at radius 1 is 0.882 bits per heavy atom. The summed E-state index contributed by atoms with van der Waals surface area (Å²) >= 11 is 0. The molecule has 0 N–H and O–H groups in total. The van der Waals surface area contributed by atoms with Crippen LogP contribution >= 0.6 is 0 Å². The summed E-state index contributed by atoms with van der Waals surface area (Å²) in [5, 5.41) is 11.1. The molecule has 8 heteroatoms. The monoisotopic (exact) mass is 459 g/mol. The number of imide groups is 1. The van der Waals surface area contributed by atoms with Crippen molar-refractivity contribution in [1.82, 2.24) is 9.80 Å². The molecule has 1 aliphatic rings. The molecule has 3 aromatic rings. The van der Waals surface area contributed by atoms with Crippen molar-refractivity contribution in [3.05, 3.63) is 117 Å². The number of amides is 2. The average Bonchev–Trinajstić information content (AvgIpc) is 3.09. The number of hydrogen-bond acceptors (Lipinski definition) is 5. The van der Waals surface area contributed by atoms with Gasteiger partial charge < -0.3 is 4.90 Å². The first-order chi connectivity index (χ1) is 16.4. The van der Waals surface area contributed by atoms with E-state index in [0.29, 0.717) is 24.2 Å². The minimum absolute atomic E-state index is 0.0131. The smallest absolute Gasteiger partial charge is 0.278 e. The number of halogens is 1. The molecule has 0 saturated carbocycles. The number of likely N-dealkylation sites (N-methyl/N-ethyl adjacent to an activating group) is 1. The first kappa shape index (κ1) is 22.8. The Bertz CT molecular complexity index is 1260. The molecule has 0 fully saturated rings. The van der Waals surface area contributed by atoms with Crippen molar-refractivity contribution in [1.29, 1.82) is 0 Å². The highest BCUT2D eigenvalue weighted by Gasteiger charge is 2.41. The van der Waals surface area contributed by atoms with Crippen LogP contribution < -0.4 is 0 Å². The van der Waals surface area contributed by atoms with Crippen LogP contribution in [-0.4, -0.2) is 33.1 Å². The van der Waals surface area contributed by atoms with Crippen molar-refractivity contribution in [2.45, 2.75) is 20.0 Å². The van der Waals surface area contributed by atoms with E-state index in [1.807, 2.05) is 42.2 Å². The third-order valence-corrected chi connectivity index (χ3v) is 5.68. The van der Waals surface area contributed by atoms with E-state index >= 15 is 0 Å². The molecule has 0 aromatic heterocycles. The summed E-state index contributed by atoms with van der Waals surface area (Å²) in [5.74, 6) is -1.36. The van der Waals surface area contributed by atoms with Crippen LogP contribution in [0.4, 0.5) is 10.1 Å². The molecular formula is C26H22FN3O4. The average molecular weight is 459 g/mol. The van der Waals surface area contributed by atoms with Crippen molar-refractivity contribution in [2.75, 3.05) is 6.54 Å². The fourth-order valence-electron chi connectivity index (χ4n) is 3.94. The lowest BCUT2D eigenvalue weighted by Crippen LogP contribution is -2.34. The third-order valence-electron chi connectivity index (χ3n) is 5.68. The van der Waals surface area contributed by atoms with Crippen molar-refractivity contribution in [3.63, 3.8) is 0 Å². The Kier molecular flexibility index (Phi) is 6.49. The number of nitro benzene ring substituents is 1. The summed E-state index contributed by atoms with van der Waals surface area (Å²) in [5.41, 5.74) is 2.33. The highest BCUT2D eigenvalue weighted by Crippen LogP contribution is 2.34. The molecule has 0 aliphatic carbocycles. The molecule has 3 aromatic carbocycles. The minimum atomic E-state index is -0.519. The zero-order valence-electron chi connectivity index (χ0n) is 18.5. The fraction of sp³-hybridized carbons (Fsp3) is 0.154. The molecule has 0 spiro atoms. The highest BCUT2D eigenvalue weighted by molar-refractivity contribution is 6.35. The third kappa shape index (κ3) is 4.56. The molecule has 0 atom stereocenters. The molecule has 7 nitrogen and oxygen atoms in total. The van der Waals surface area contributed by atoms with E-state index in [1.54, 1.807) is 0 Å². The van der Waals surface area contributed by atoms with Gasteiger partial charge in [0, 0.05) is 25.2 Å². The molecule has 4 rings (SSSR count). The van der Waals surface area contributed by atoms with Gasteiger partial charge in [-0.15, -0.1) is 0 Å². The van der Waals surface area contributed by atoms with Gasteiger partial charge in [0.1, 0.15) is 11.5 Å². The molecular weight excluding hydrogens is 437 g/mol. The number of carbonyl (C=O) groups excluding carboxylic acids is 2. The van der Waals surface area contributed by atoms with Crippen LogP contribution in [0.5, 0.6) is 0 Å². The van der Waals surface area contributed by atoms with Gasteiger partial charge in [-0.3, -0.25) is 24.6 Å². The van der Waals surface area contributed by atoms with E-state index in [0.717, 1.165) is 10.5 Å². The van der Waals surface area contributed by atoms with Gasteiger partial charge in [-0.2, -0.15) is 0 Å². The van der Waals surface area contributed by atoms with Crippen LogP contribution in [0.25, 0.3) is 5.57 Å². The van der Waals surface area contributed by atoms with Gasteiger partial charge in [0.2, 0.25) is 0 Å². The molecule has 0 radical (unpaired) electrons. The maximum absolute atomic E-state index is 13.6. The van der Waals surface area contributed by atoms with E-state index < -0.39 is 22.6 Å². The van der Waals surface area contributed by atoms with Crippen molar-refractivity contribution >= 4 is 23.1 Å². The maximum Gasteiger partial charge on any atom is 0.278 e. The quantitative estimate of drug-likeness (QED) is 0.281. The summed E-state index contributed by atoms with van der Waals surface area (Å²) in [7, 11) is 0. The van der Waals surface area contributed by atoms with Crippen LogP contribution in [0.1, 0.15) is 23.6 Å². The number of nitro groups is 1. The van der Waals surface area contributed by atoms with Crippen LogP contribution in [-0.2, 0) is 22.7 Å². The summed E-state index contributed by atoms with van der Waals surface area (Å²) in [6.45, 7) is 2.75. The second-order valence-electron chi connectivity index (χ2n) is 7.85. The van der Waals surface area contributed by atoms with Gasteiger partial charge in [-0.25, -0.2) is 4.39 Å². The van der Waals surface area contributed by atoms with E-state index in [-0.39, 0.29) is 23.5 Å². The van der Waals surface area contributed by atoms with Crippen LogP contribution in [0, 0.1) is 15.9 Å².